The summed E-state index contributed by atoms with van der Waals surface area (Å²) in [4.78, 5) is 18.1. The molecule has 106 valence electrons. The number of carbonyl (C=O) groups excluding carboxylic acids is 1. The molecule has 1 amide bonds. The number of thiazole rings is 1. The second-order valence-corrected chi connectivity index (χ2v) is 5.81. The van der Waals surface area contributed by atoms with Gasteiger partial charge in [0.1, 0.15) is 0 Å². The molecular formula is C13H22N4OS. The quantitative estimate of drug-likeness (QED) is 0.828. The minimum Gasteiger partial charge on any atom is -0.317 e. The molecule has 19 heavy (non-hydrogen) atoms. The van der Waals surface area contributed by atoms with Crippen LogP contribution in [0.3, 0.4) is 0 Å². The van der Waals surface area contributed by atoms with E-state index in [1.807, 2.05) is 5.38 Å². The van der Waals surface area contributed by atoms with Gasteiger partial charge < -0.3 is 10.6 Å². The Morgan fingerprint density at radius 2 is 2.32 bits per heavy atom. The maximum Gasteiger partial charge on any atom is 0.240 e. The Hall–Kier alpha value is -0.980. The molecule has 0 atom stereocenters. The van der Waals surface area contributed by atoms with Crippen LogP contribution in [0, 0.1) is 5.92 Å². The highest BCUT2D eigenvalue weighted by Crippen LogP contribution is 2.16. The summed E-state index contributed by atoms with van der Waals surface area (Å²) in [5.74, 6) is 0.804. The zero-order valence-electron chi connectivity index (χ0n) is 11.4. The maximum atomic E-state index is 11.8. The van der Waals surface area contributed by atoms with Crippen LogP contribution in [-0.4, -0.2) is 48.5 Å². The van der Waals surface area contributed by atoms with Crippen molar-refractivity contribution in [2.24, 2.45) is 5.92 Å². The number of nitrogens with zero attached hydrogens (tertiary/aromatic N) is 2. The minimum absolute atomic E-state index is 0.0417. The predicted molar refractivity (Wildman–Crippen MR) is 78.5 cm³/mol. The molecule has 6 heteroatoms. The molecule has 0 aliphatic carbocycles. The van der Waals surface area contributed by atoms with Gasteiger partial charge in [0.2, 0.25) is 5.91 Å². The lowest BCUT2D eigenvalue weighted by atomic mass is 9.97. The number of carbonyl (C=O) groups is 1. The van der Waals surface area contributed by atoms with E-state index in [0.717, 1.165) is 32.1 Å². The summed E-state index contributed by atoms with van der Waals surface area (Å²) < 4.78 is 0. The number of rotatable bonds is 6. The van der Waals surface area contributed by atoms with Crippen LogP contribution in [0.4, 0.5) is 5.13 Å². The molecule has 2 N–H and O–H groups in total. The Morgan fingerprint density at radius 3 is 2.95 bits per heavy atom. The molecule has 1 aromatic heterocycles. The van der Waals surface area contributed by atoms with Crippen LogP contribution < -0.4 is 10.6 Å². The summed E-state index contributed by atoms with van der Waals surface area (Å²) in [7, 11) is 0. The fourth-order valence-electron chi connectivity index (χ4n) is 2.34. The van der Waals surface area contributed by atoms with Crippen molar-refractivity contribution in [2.45, 2.75) is 19.8 Å². The van der Waals surface area contributed by atoms with Crippen LogP contribution in [-0.2, 0) is 4.79 Å². The van der Waals surface area contributed by atoms with E-state index >= 15 is 0 Å². The number of piperidine rings is 1. The van der Waals surface area contributed by atoms with E-state index in [1.54, 1.807) is 6.20 Å². The smallest absolute Gasteiger partial charge is 0.240 e. The molecule has 2 rings (SSSR count). The third kappa shape index (κ3) is 4.89. The van der Waals surface area contributed by atoms with Gasteiger partial charge in [0.15, 0.2) is 5.13 Å². The van der Waals surface area contributed by atoms with E-state index in [1.165, 1.54) is 24.2 Å². The van der Waals surface area contributed by atoms with E-state index < -0.39 is 0 Å². The van der Waals surface area contributed by atoms with Crippen molar-refractivity contribution < 1.29 is 4.79 Å². The van der Waals surface area contributed by atoms with Crippen LogP contribution in [0.1, 0.15) is 19.8 Å². The number of aromatic nitrogens is 1. The van der Waals surface area contributed by atoms with Crippen molar-refractivity contribution in [3.8, 4) is 0 Å². The van der Waals surface area contributed by atoms with Gasteiger partial charge in [-0.2, -0.15) is 0 Å². The fraction of sp³-hybridized carbons (Fsp3) is 0.692. The molecule has 0 saturated carbocycles. The average Bonchev–Trinajstić information content (AvgIpc) is 2.90. The van der Waals surface area contributed by atoms with Crippen LogP contribution in [0.5, 0.6) is 0 Å². The molecule has 5 nitrogen and oxygen atoms in total. The standard InChI is InChI=1S/C13H22N4OS/c1-2-14-9-11-3-6-17(7-4-11)10-12(18)16-13-15-5-8-19-13/h5,8,11,14H,2-4,6-7,9-10H2,1H3,(H,15,16,18). The highest BCUT2D eigenvalue weighted by atomic mass is 32.1. The summed E-state index contributed by atoms with van der Waals surface area (Å²) >= 11 is 1.45. The van der Waals surface area contributed by atoms with E-state index in [4.69, 9.17) is 0 Å². The van der Waals surface area contributed by atoms with Crippen molar-refractivity contribution >= 4 is 22.4 Å². The lowest BCUT2D eigenvalue weighted by molar-refractivity contribution is -0.117. The van der Waals surface area contributed by atoms with Gasteiger partial charge >= 0.3 is 0 Å². The van der Waals surface area contributed by atoms with Gasteiger partial charge in [0.25, 0.3) is 0 Å². The van der Waals surface area contributed by atoms with E-state index in [0.29, 0.717) is 11.7 Å². The molecule has 1 aliphatic heterocycles. The molecular weight excluding hydrogens is 260 g/mol. The molecule has 0 radical (unpaired) electrons. The van der Waals surface area contributed by atoms with Gasteiger partial charge in [-0.25, -0.2) is 4.98 Å². The van der Waals surface area contributed by atoms with Crippen molar-refractivity contribution in [3.05, 3.63) is 11.6 Å². The van der Waals surface area contributed by atoms with E-state index in [2.05, 4.69) is 27.4 Å². The zero-order valence-corrected chi connectivity index (χ0v) is 12.2. The monoisotopic (exact) mass is 282 g/mol. The van der Waals surface area contributed by atoms with Gasteiger partial charge in [-0.3, -0.25) is 9.69 Å². The summed E-state index contributed by atoms with van der Waals surface area (Å²) in [6.45, 7) is 6.79. The molecule has 2 heterocycles. The average molecular weight is 282 g/mol. The summed E-state index contributed by atoms with van der Waals surface area (Å²) in [6, 6.07) is 0. The first kappa shape index (κ1) is 14.4. The van der Waals surface area contributed by atoms with Crippen LogP contribution in [0.15, 0.2) is 11.6 Å². The fourth-order valence-corrected chi connectivity index (χ4v) is 2.89. The van der Waals surface area contributed by atoms with Crippen LogP contribution >= 0.6 is 11.3 Å². The van der Waals surface area contributed by atoms with Crippen LogP contribution in [0.2, 0.25) is 0 Å². The molecule has 0 spiro atoms. The first-order chi connectivity index (χ1) is 9.28. The van der Waals surface area contributed by atoms with Gasteiger partial charge in [0.05, 0.1) is 6.54 Å². The Balaban J connectivity index is 1.66. The molecule has 1 aliphatic rings. The predicted octanol–water partition coefficient (Wildman–Crippen LogP) is 1.40. The Kier molecular flexibility index (Phi) is 5.75. The van der Waals surface area contributed by atoms with Crippen molar-refractivity contribution in [2.75, 3.05) is 38.0 Å². The maximum absolute atomic E-state index is 11.8. The third-order valence-corrected chi connectivity index (χ3v) is 4.12. The van der Waals surface area contributed by atoms with E-state index in [9.17, 15) is 4.79 Å². The molecule has 0 aromatic carbocycles. The van der Waals surface area contributed by atoms with Gasteiger partial charge in [-0.05, 0) is 44.9 Å². The van der Waals surface area contributed by atoms with E-state index in [-0.39, 0.29) is 5.91 Å². The molecule has 0 unspecified atom stereocenters. The second-order valence-electron chi connectivity index (χ2n) is 4.91. The number of hydrogen-bond donors (Lipinski definition) is 2. The van der Waals surface area contributed by atoms with Gasteiger partial charge in [-0.1, -0.05) is 6.92 Å². The highest BCUT2D eigenvalue weighted by Gasteiger charge is 2.20. The number of likely N-dealkylation sites (tertiary alicyclic amines) is 1. The summed E-state index contributed by atoms with van der Waals surface area (Å²) in [6.07, 6.45) is 4.06. The number of hydrogen-bond acceptors (Lipinski definition) is 5. The second kappa shape index (κ2) is 7.57. The zero-order chi connectivity index (χ0) is 13.5. The minimum atomic E-state index is 0.0417. The Labute approximate surface area is 118 Å². The van der Waals surface area contributed by atoms with Crippen molar-refractivity contribution in [1.29, 1.82) is 0 Å². The van der Waals surface area contributed by atoms with Gasteiger partial charge in [0, 0.05) is 11.6 Å². The molecule has 1 fully saturated rings. The number of amides is 1. The third-order valence-electron chi connectivity index (χ3n) is 3.44. The highest BCUT2D eigenvalue weighted by molar-refractivity contribution is 7.13. The number of anilines is 1. The Bertz CT molecular complexity index is 374. The largest absolute Gasteiger partial charge is 0.317 e. The van der Waals surface area contributed by atoms with Crippen molar-refractivity contribution in [1.82, 2.24) is 15.2 Å². The first-order valence-electron chi connectivity index (χ1n) is 6.90. The molecule has 1 saturated heterocycles. The number of nitrogens with one attached hydrogen (secondary N) is 2. The lowest BCUT2D eigenvalue weighted by Gasteiger charge is -2.31. The van der Waals surface area contributed by atoms with Gasteiger partial charge in [-0.15, -0.1) is 11.3 Å². The van der Waals surface area contributed by atoms with Crippen molar-refractivity contribution in [3.63, 3.8) is 0 Å². The topological polar surface area (TPSA) is 57.3 Å². The summed E-state index contributed by atoms with van der Waals surface area (Å²) in [5.41, 5.74) is 0. The summed E-state index contributed by atoms with van der Waals surface area (Å²) in [5, 5.41) is 8.78. The first-order valence-corrected chi connectivity index (χ1v) is 7.78. The SMILES string of the molecule is CCNCC1CCN(CC(=O)Nc2nccs2)CC1. The molecule has 0 bridgehead atoms. The molecule has 1 aromatic rings. The normalized spacial score (nSPS) is 17.5. The Morgan fingerprint density at radius 1 is 1.53 bits per heavy atom. The lowest BCUT2D eigenvalue weighted by Crippen LogP contribution is -2.41. The van der Waals surface area contributed by atoms with Crippen LogP contribution in [0.25, 0.3) is 0 Å².